The van der Waals surface area contributed by atoms with E-state index in [1.54, 1.807) is 18.2 Å². The zero-order valence-corrected chi connectivity index (χ0v) is 11.8. The van der Waals surface area contributed by atoms with Gasteiger partial charge < -0.3 is 15.4 Å². The van der Waals surface area contributed by atoms with E-state index in [1.165, 1.54) is 12.1 Å². The van der Waals surface area contributed by atoms with E-state index in [2.05, 4.69) is 10.6 Å². The Morgan fingerprint density at radius 3 is 2.86 bits per heavy atom. The van der Waals surface area contributed by atoms with E-state index in [0.717, 1.165) is 11.3 Å². The van der Waals surface area contributed by atoms with Gasteiger partial charge in [-0.15, -0.1) is 0 Å². The number of nitrogens with one attached hydrogen (secondary N) is 2. The van der Waals surface area contributed by atoms with Crippen LogP contribution in [0.5, 0.6) is 5.75 Å². The summed E-state index contributed by atoms with van der Waals surface area (Å²) < 4.78 is 18.1. The van der Waals surface area contributed by atoms with Crippen molar-refractivity contribution in [1.82, 2.24) is 0 Å². The molecule has 3 rings (SSSR count). The van der Waals surface area contributed by atoms with E-state index < -0.39 is 0 Å². The maximum absolute atomic E-state index is 12.8. The molecule has 0 saturated carbocycles. The molecule has 112 valence electrons. The van der Waals surface area contributed by atoms with E-state index in [4.69, 9.17) is 4.74 Å². The third-order valence-corrected chi connectivity index (χ3v) is 3.22. The Labute approximate surface area is 127 Å². The Balaban J connectivity index is 1.58. The number of carbonyl (C=O) groups excluding carboxylic acids is 1. The minimum atomic E-state index is -0.239. The second kappa shape index (κ2) is 6.30. The molecule has 0 aliphatic carbocycles. The van der Waals surface area contributed by atoms with E-state index in [0.29, 0.717) is 18.0 Å². The van der Waals surface area contributed by atoms with Crippen LogP contribution in [0.1, 0.15) is 5.56 Å². The standard InChI is InChI=1S/C17H15FN2O2/c18-13-5-3-12(4-6-13)2-1-9-19-14-7-8-15-16(10-14)22-11-17(21)20-15/h1-8,10,19H,9,11H2,(H,20,21). The van der Waals surface area contributed by atoms with Crippen molar-refractivity contribution in [3.05, 3.63) is 59.9 Å². The molecule has 4 nitrogen and oxygen atoms in total. The van der Waals surface area contributed by atoms with Crippen LogP contribution in [0.2, 0.25) is 0 Å². The lowest BCUT2D eigenvalue weighted by Crippen LogP contribution is -2.25. The average Bonchev–Trinajstić information content (AvgIpc) is 2.53. The Bertz CT molecular complexity index is 711. The van der Waals surface area contributed by atoms with Gasteiger partial charge in [0.2, 0.25) is 0 Å². The molecule has 0 saturated heterocycles. The quantitative estimate of drug-likeness (QED) is 0.910. The summed E-state index contributed by atoms with van der Waals surface area (Å²) in [5, 5.41) is 5.98. The first-order valence-corrected chi connectivity index (χ1v) is 6.93. The zero-order chi connectivity index (χ0) is 15.4. The number of halogens is 1. The maximum Gasteiger partial charge on any atom is 0.262 e. The zero-order valence-electron chi connectivity index (χ0n) is 11.8. The van der Waals surface area contributed by atoms with Gasteiger partial charge in [0.05, 0.1) is 5.69 Å². The molecule has 0 spiro atoms. The van der Waals surface area contributed by atoms with Gasteiger partial charge in [0.1, 0.15) is 11.6 Å². The number of benzene rings is 2. The number of anilines is 2. The van der Waals surface area contributed by atoms with Crippen LogP contribution in [0.25, 0.3) is 6.08 Å². The first kappa shape index (κ1) is 14.1. The monoisotopic (exact) mass is 298 g/mol. The first-order valence-electron chi connectivity index (χ1n) is 6.93. The molecule has 0 radical (unpaired) electrons. The minimum absolute atomic E-state index is 0.0426. The summed E-state index contributed by atoms with van der Waals surface area (Å²) >= 11 is 0. The van der Waals surface area contributed by atoms with Crippen molar-refractivity contribution < 1.29 is 13.9 Å². The highest BCUT2D eigenvalue weighted by atomic mass is 19.1. The fourth-order valence-electron chi connectivity index (χ4n) is 2.13. The molecule has 0 unspecified atom stereocenters. The largest absolute Gasteiger partial charge is 0.482 e. The third kappa shape index (κ3) is 3.44. The van der Waals surface area contributed by atoms with E-state index in [-0.39, 0.29) is 18.3 Å². The van der Waals surface area contributed by atoms with Crippen molar-refractivity contribution in [2.45, 2.75) is 0 Å². The van der Waals surface area contributed by atoms with Crippen molar-refractivity contribution >= 4 is 23.4 Å². The van der Waals surface area contributed by atoms with Gasteiger partial charge >= 0.3 is 0 Å². The molecule has 0 bridgehead atoms. The number of rotatable bonds is 4. The average molecular weight is 298 g/mol. The number of fused-ring (bicyclic) bond motifs is 1. The van der Waals surface area contributed by atoms with Crippen LogP contribution < -0.4 is 15.4 Å². The van der Waals surface area contributed by atoms with Gasteiger partial charge in [0.25, 0.3) is 5.91 Å². The van der Waals surface area contributed by atoms with Gasteiger partial charge in [-0.2, -0.15) is 0 Å². The summed E-state index contributed by atoms with van der Waals surface area (Å²) in [5.74, 6) is 0.277. The van der Waals surface area contributed by atoms with Gasteiger partial charge in [0.15, 0.2) is 6.61 Å². The van der Waals surface area contributed by atoms with Gasteiger partial charge in [-0.1, -0.05) is 24.3 Å². The fourth-order valence-corrected chi connectivity index (χ4v) is 2.13. The predicted octanol–water partition coefficient (Wildman–Crippen LogP) is 3.28. The van der Waals surface area contributed by atoms with Crippen molar-refractivity contribution in [3.8, 4) is 5.75 Å². The van der Waals surface area contributed by atoms with Crippen molar-refractivity contribution in [1.29, 1.82) is 0 Å². The minimum Gasteiger partial charge on any atom is -0.482 e. The lowest BCUT2D eigenvalue weighted by atomic mass is 10.2. The molecule has 2 aromatic carbocycles. The predicted molar refractivity (Wildman–Crippen MR) is 84.5 cm³/mol. The number of hydrogen-bond donors (Lipinski definition) is 2. The molecule has 1 heterocycles. The Kier molecular flexibility index (Phi) is 4.05. The molecule has 5 heteroatoms. The summed E-state index contributed by atoms with van der Waals surface area (Å²) in [6.07, 6.45) is 3.87. The second-order valence-electron chi connectivity index (χ2n) is 4.88. The number of hydrogen-bond acceptors (Lipinski definition) is 3. The summed E-state index contributed by atoms with van der Waals surface area (Å²) in [4.78, 5) is 11.2. The van der Waals surface area contributed by atoms with Gasteiger partial charge in [-0.05, 0) is 29.8 Å². The lowest BCUT2D eigenvalue weighted by Gasteiger charge is -2.18. The topological polar surface area (TPSA) is 50.4 Å². The highest BCUT2D eigenvalue weighted by Crippen LogP contribution is 2.30. The Morgan fingerprint density at radius 1 is 1.23 bits per heavy atom. The van der Waals surface area contributed by atoms with Crippen molar-refractivity contribution in [3.63, 3.8) is 0 Å². The third-order valence-electron chi connectivity index (χ3n) is 3.22. The Morgan fingerprint density at radius 2 is 2.05 bits per heavy atom. The van der Waals surface area contributed by atoms with Gasteiger partial charge in [-0.25, -0.2) is 4.39 Å². The molecule has 0 atom stereocenters. The molecule has 0 fully saturated rings. The van der Waals surface area contributed by atoms with Crippen LogP contribution in [0.4, 0.5) is 15.8 Å². The number of ether oxygens (including phenoxy) is 1. The molecule has 2 N–H and O–H groups in total. The molecule has 1 aliphatic heterocycles. The van der Waals surface area contributed by atoms with Gasteiger partial charge in [0, 0.05) is 18.3 Å². The summed E-state index contributed by atoms with van der Waals surface area (Å²) in [7, 11) is 0. The van der Waals surface area contributed by atoms with Crippen LogP contribution in [0.15, 0.2) is 48.5 Å². The van der Waals surface area contributed by atoms with Gasteiger partial charge in [-0.3, -0.25) is 4.79 Å². The SMILES string of the molecule is O=C1COc2cc(NCC=Cc3ccc(F)cc3)ccc2N1. The maximum atomic E-state index is 12.8. The summed E-state index contributed by atoms with van der Waals surface area (Å²) in [6, 6.07) is 11.8. The normalized spacial score (nSPS) is 13.4. The lowest BCUT2D eigenvalue weighted by molar-refractivity contribution is -0.118. The molecule has 2 aromatic rings. The highest BCUT2D eigenvalue weighted by molar-refractivity contribution is 5.95. The van der Waals surface area contributed by atoms with E-state index in [1.807, 2.05) is 24.3 Å². The molecular formula is C17H15FN2O2. The fraction of sp³-hybridized carbons (Fsp3) is 0.118. The molecular weight excluding hydrogens is 283 g/mol. The molecule has 1 amide bonds. The van der Waals surface area contributed by atoms with Crippen molar-refractivity contribution in [2.24, 2.45) is 0 Å². The summed E-state index contributed by atoms with van der Waals surface area (Å²) in [5.41, 5.74) is 2.53. The Hall–Kier alpha value is -2.82. The molecule has 0 aromatic heterocycles. The second-order valence-corrected chi connectivity index (χ2v) is 4.88. The smallest absolute Gasteiger partial charge is 0.262 e. The first-order chi connectivity index (χ1) is 10.7. The number of carbonyl (C=O) groups is 1. The van der Waals surface area contributed by atoms with Crippen LogP contribution in [0.3, 0.4) is 0 Å². The van der Waals surface area contributed by atoms with E-state index >= 15 is 0 Å². The van der Waals surface area contributed by atoms with Crippen LogP contribution in [0, 0.1) is 5.82 Å². The highest BCUT2D eigenvalue weighted by Gasteiger charge is 2.15. The van der Waals surface area contributed by atoms with Crippen LogP contribution in [-0.2, 0) is 4.79 Å². The summed E-state index contributed by atoms with van der Waals surface area (Å²) in [6.45, 7) is 0.670. The van der Waals surface area contributed by atoms with Crippen molar-refractivity contribution in [2.75, 3.05) is 23.8 Å². The van der Waals surface area contributed by atoms with Crippen LogP contribution in [-0.4, -0.2) is 19.1 Å². The number of amides is 1. The van der Waals surface area contributed by atoms with E-state index in [9.17, 15) is 9.18 Å². The molecule has 1 aliphatic rings. The van der Waals surface area contributed by atoms with Crippen LogP contribution >= 0.6 is 0 Å². The molecule has 22 heavy (non-hydrogen) atoms.